The first kappa shape index (κ1) is 25.2. The van der Waals surface area contributed by atoms with Gasteiger partial charge in [0.1, 0.15) is 17.4 Å². The van der Waals surface area contributed by atoms with Crippen LogP contribution in [0, 0.1) is 5.92 Å². The summed E-state index contributed by atoms with van der Waals surface area (Å²) in [5.41, 5.74) is 3.68. The van der Waals surface area contributed by atoms with Crippen LogP contribution in [0.2, 0.25) is 0 Å². The molecule has 0 spiro atoms. The Balaban J connectivity index is 1.71. The van der Waals surface area contributed by atoms with E-state index in [9.17, 15) is 0 Å². The van der Waals surface area contributed by atoms with Crippen LogP contribution < -0.4 is 15.5 Å². The Bertz CT molecular complexity index is 1040. The van der Waals surface area contributed by atoms with Crippen molar-refractivity contribution in [3.8, 4) is 0 Å². The fourth-order valence-electron chi connectivity index (χ4n) is 3.92. The van der Waals surface area contributed by atoms with Crippen LogP contribution in [0.4, 0.5) is 5.82 Å². The van der Waals surface area contributed by atoms with Gasteiger partial charge in [-0.05, 0) is 69.7 Å². The molecule has 0 bridgehead atoms. The molecular formula is C28H37N5O. The molecule has 1 aliphatic heterocycles. The number of aromatic nitrogens is 1. The Morgan fingerprint density at radius 1 is 1.38 bits per heavy atom. The fraction of sp³-hybridized carbons (Fsp3) is 0.357. The lowest BCUT2D eigenvalue weighted by atomic mass is 9.92. The molecule has 0 amide bonds. The lowest BCUT2D eigenvalue weighted by Crippen LogP contribution is -2.57. The number of hydrogen-bond donors (Lipinski definition) is 2. The number of nitrogens with zero attached hydrogens (tertiary/aromatic N) is 3. The summed E-state index contributed by atoms with van der Waals surface area (Å²) >= 11 is 0. The van der Waals surface area contributed by atoms with Crippen LogP contribution >= 0.6 is 0 Å². The van der Waals surface area contributed by atoms with Gasteiger partial charge in [-0.3, -0.25) is 0 Å². The van der Waals surface area contributed by atoms with Crippen molar-refractivity contribution in [1.82, 2.24) is 15.6 Å². The van der Waals surface area contributed by atoms with Gasteiger partial charge >= 0.3 is 0 Å². The normalized spacial score (nSPS) is 19.4. The van der Waals surface area contributed by atoms with Crippen molar-refractivity contribution >= 4 is 17.4 Å². The number of ether oxygens (including phenoxy) is 1. The third-order valence-corrected chi connectivity index (χ3v) is 5.98. The first-order valence-electron chi connectivity index (χ1n) is 11.9. The molecule has 1 saturated heterocycles. The molecule has 1 fully saturated rings. The summed E-state index contributed by atoms with van der Waals surface area (Å²) in [5, 5.41) is 6.64. The Morgan fingerprint density at radius 2 is 2.18 bits per heavy atom. The first-order chi connectivity index (χ1) is 16.5. The second kappa shape index (κ2) is 12.2. The summed E-state index contributed by atoms with van der Waals surface area (Å²) in [4.78, 5) is 11.6. The summed E-state index contributed by atoms with van der Waals surface area (Å²) in [7, 11) is 1.99. The Labute approximate surface area is 204 Å². The third-order valence-electron chi connectivity index (χ3n) is 5.98. The number of rotatable bonds is 10. The smallest absolute Gasteiger partial charge is 0.129 e. The summed E-state index contributed by atoms with van der Waals surface area (Å²) in [6.07, 6.45) is 15.6. The van der Waals surface area contributed by atoms with Crippen molar-refractivity contribution in [3.05, 3.63) is 90.7 Å². The minimum Gasteiger partial charge on any atom is -0.469 e. The highest BCUT2D eigenvalue weighted by Gasteiger charge is 2.26. The monoisotopic (exact) mass is 459 g/mol. The zero-order valence-electron chi connectivity index (χ0n) is 20.8. The van der Waals surface area contributed by atoms with Crippen molar-refractivity contribution in [1.29, 1.82) is 0 Å². The summed E-state index contributed by atoms with van der Waals surface area (Å²) in [6.45, 7) is 16.1. The molecule has 1 aromatic heterocycles. The van der Waals surface area contributed by atoms with E-state index in [2.05, 4.69) is 58.8 Å². The number of hydrogen-bond acceptors (Lipinski definition) is 5. The Kier molecular flexibility index (Phi) is 9.05. The zero-order chi connectivity index (χ0) is 24.5. The number of aliphatic imine (C=N–C) groups is 1. The molecule has 1 atom stereocenters. The fourth-order valence-corrected chi connectivity index (χ4v) is 3.92. The number of pyridine rings is 1. The summed E-state index contributed by atoms with van der Waals surface area (Å²) in [5.74, 6) is 2.77. The van der Waals surface area contributed by atoms with Gasteiger partial charge in [-0.2, -0.15) is 0 Å². The minimum absolute atomic E-state index is 0.130. The molecule has 6 nitrogen and oxygen atoms in total. The average Bonchev–Trinajstić information content (AvgIpc) is 2.81. The van der Waals surface area contributed by atoms with Crippen LogP contribution in [-0.2, 0) is 4.74 Å². The van der Waals surface area contributed by atoms with Crippen LogP contribution in [0.5, 0.6) is 0 Å². The van der Waals surface area contributed by atoms with Crippen molar-refractivity contribution in [2.75, 3.05) is 25.0 Å². The predicted octanol–water partition coefficient (Wildman–Crippen LogP) is 5.33. The number of anilines is 1. The van der Waals surface area contributed by atoms with Crippen molar-refractivity contribution in [3.63, 3.8) is 0 Å². The quantitative estimate of drug-likeness (QED) is 0.281. The van der Waals surface area contributed by atoms with E-state index >= 15 is 0 Å². The molecule has 1 aromatic rings. The highest BCUT2D eigenvalue weighted by atomic mass is 16.5. The van der Waals surface area contributed by atoms with Crippen molar-refractivity contribution in [2.24, 2.45) is 10.9 Å². The highest BCUT2D eigenvalue weighted by molar-refractivity contribution is 5.89. The van der Waals surface area contributed by atoms with Crippen LogP contribution in [0.25, 0.3) is 5.70 Å². The maximum Gasteiger partial charge on any atom is 0.129 e. The average molecular weight is 460 g/mol. The second-order valence-corrected chi connectivity index (χ2v) is 8.44. The molecule has 0 aromatic carbocycles. The maximum absolute atomic E-state index is 5.86. The van der Waals surface area contributed by atoms with Crippen LogP contribution in [0.15, 0.2) is 90.2 Å². The van der Waals surface area contributed by atoms with Gasteiger partial charge in [0.25, 0.3) is 0 Å². The van der Waals surface area contributed by atoms with Gasteiger partial charge in [0.2, 0.25) is 0 Å². The van der Waals surface area contributed by atoms with Gasteiger partial charge in [0.15, 0.2) is 0 Å². The van der Waals surface area contributed by atoms with E-state index in [-0.39, 0.29) is 5.92 Å². The summed E-state index contributed by atoms with van der Waals surface area (Å²) < 4.78 is 5.86. The van der Waals surface area contributed by atoms with E-state index in [1.165, 1.54) is 0 Å². The molecule has 2 aliphatic rings. The molecule has 180 valence electrons. The van der Waals surface area contributed by atoms with Gasteiger partial charge < -0.3 is 20.3 Å². The molecule has 1 unspecified atom stereocenters. The number of amidine groups is 1. The molecule has 2 heterocycles. The second-order valence-electron chi connectivity index (χ2n) is 8.44. The minimum atomic E-state index is 0.130. The number of likely N-dealkylation sites (N-methyl/N-ethyl adjacent to an activating group) is 1. The Morgan fingerprint density at radius 3 is 2.85 bits per heavy atom. The van der Waals surface area contributed by atoms with Gasteiger partial charge in [-0.15, -0.1) is 0 Å². The van der Waals surface area contributed by atoms with Gasteiger partial charge in [-0.25, -0.2) is 9.98 Å². The van der Waals surface area contributed by atoms with Crippen molar-refractivity contribution in [2.45, 2.75) is 39.7 Å². The van der Waals surface area contributed by atoms with E-state index in [0.29, 0.717) is 6.04 Å². The molecule has 6 heteroatoms. The zero-order valence-corrected chi connectivity index (χ0v) is 20.8. The lowest BCUT2D eigenvalue weighted by molar-refractivity contribution is 0.305. The SMILES string of the molecule is C=CC1=CCC(/C(=C/C)O/C=C/CC)C=C1N=C(C)NC(=C)c1ccnc(N2CC(NC)C2)c1. The lowest BCUT2D eigenvalue weighted by Gasteiger charge is -2.40. The maximum atomic E-state index is 5.86. The van der Waals surface area contributed by atoms with Crippen molar-refractivity contribution < 1.29 is 4.74 Å². The highest BCUT2D eigenvalue weighted by Crippen LogP contribution is 2.30. The molecular weight excluding hydrogens is 422 g/mol. The van der Waals surface area contributed by atoms with E-state index in [1.807, 2.05) is 51.4 Å². The van der Waals surface area contributed by atoms with Crippen LogP contribution in [0.3, 0.4) is 0 Å². The Hall–Kier alpha value is -3.38. The summed E-state index contributed by atoms with van der Waals surface area (Å²) in [6, 6.07) is 4.56. The molecule has 1 aliphatic carbocycles. The van der Waals surface area contributed by atoms with Gasteiger partial charge in [0.05, 0.1) is 12.0 Å². The predicted molar refractivity (Wildman–Crippen MR) is 143 cm³/mol. The van der Waals surface area contributed by atoms with Crippen LogP contribution in [-0.4, -0.2) is 37.0 Å². The standard InChI is InChI=1S/C28H37N5O/c1-7-10-15-34-27(9-3)24-12-11-22(8-2)26(16-24)32-21(5)31-20(4)23-13-14-30-28(17-23)33-18-25(19-33)29-6/h8-11,13-17,24-25,29H,2,4,7,12,18-19H2,1,3,5-6H3,(H,31,32)/b15-10+,27-9-. The molecule has 2 N–H and O–H groups in total. The van der Waals surface area contributed by atoms with E-state index < -0.39 is 0 Å². The van der Waals surface area contributed by atoms with E-state index in [0.717, 1.165) is 65.9 Å². The van der Waals surface area contributed by atoms with Gasteiger partial charge in [0, 0.05) is 42.5 Å². The third kappa shape index (κ3) is 6.35. The van der Waals surface area contributed by atoms with Gasteiger partial charge in [-0.1, -0.05) is 32.2 Å². The topological polar surface area (TPSA) is 61.8 Å². The van der Waals surface area contributed by atoms with E-state index in [1.54, 1.807) is 6.26 Å². The molecule has 34 heavy (non-hydrogen) atoms. The largest absolute Gasteiger partial charge is 0.469 e. The number of allylic oxidation sites excluding steroid dienone is 5. The number of nitrogens with one attached hydrogen (secondary N) is 2. The molecule has 0 saturated carbocycles. The van der Waals surface area contributed by atoms with Crippen LogP contribution in [0.1, 0.15) is 39.2 Å². The molecule has 3 rings (SSSR count). The van der Waals surface area contributed by atoms with E-state index in [4.69, 9.17) is 9.73 Å². The molecule has 0 radical (unpaired) electrons. The first-order valence-corrected chi connectivity index (χ1v) is 11.9.